The van der Waals surface area contributed by atoms with Crippen molar-refractivity contribution in [2.75, 3.05) is 61.7 Å². The van der Waals surface area contributed by atoms with E-state index in [1.54, 1.807) is 48.5 Å². The lowest BCUT2D eigenvalue weighted by atomic mass is 10.1. The van der Waals surface area contributed by atoms with Crippen molar-refractivity contribution in [2.45, 2.75) is 38.8 Å². The van der Waals surface area contributed by atoms with Crippen molar-refractivity contribution in [3.63, 3.8) is 0 Å². The summed E-state index contributed by atoms with van der Waals surface area (Å²) in [5.74, 6) is 2.00. The number of carbonyl (C=O) groups excluding carboxylic acids is 2. The van der Waals surface area contributed by atoms with Gasteiger partial charge in [-0.2, -0.15) is 0 Å². The zero-order chi connectivity index (χ0) is 48.2. The van der Waals surface area contributed by atoms with Crippen LogP contribution in [0.5, 0.6) is 11.5 Å². The zero-order valence-electron chi connectivity index (χ0n) is 37.4. The molecule has 6 aromatic rings. The fraction of sp³-hybridized carbons (Fsp3) is 0.240. The van der Waals surface area contributed by atoms with Crippen LogP contribution in [0, 0.1) is 10.8 Å². The molecule has 8 rings (SSSR count). The maximum Gasteiger partial charge on any atom is 0.259 e. The molecule has 0 atom stereocenters. The predicted octanol–water partition coefficient (Wildman–Crippen LogP) is 11.4. The molecule has 68 heavy (non-hydrogen) atoms. The second-order valence-corrected chi connectivity index (χ2v) is 17.6. The van der Waals surface area contributed by atoms with Gasteiger partial charge in [0.2, 0.25) is 0 Å². The van der Waals surface area contributed by atoms with Crippen LogP contribution in [-0.2, 0) is 13.1 Å². The summed E-state index contributed by atoms with van der Waals surface area (Å²) in [6.07, 6.45) is 7.56. The molecular formula is C50H50Cl4N10O4. The molecule has 0 aliphatic carbocycles. The molecule has 0 unspecified atom stereocenters. The molecule has 14 nitrogen and oxygen atoms in total. The fourth-order valence-electron chi connectivity index (χ4n) is 7.44. The number of piperidine rings is 1. The lowest BCUT2D eigenvalue weighted by Crippen LogP contribution is -2.42. The molecule has 0 saturated carbocycles. The van der Waals surface area contributed by atoms with Crippen LogP contribution >= 0.6 is 46.4 Å². The van der Waals surface area contributed by atoms with E-state index in [4.69, 9.17) is 66.7 Å². The second kappa shape index (κ2) is 23.4. The van der Waals surface area contributed by atoms with Gasteiger partial charge in [0.05, 0.1) is 46.8 Å². The van der Waals surface area contributed by atoms with Crippen molar-refractivity contribution in [2.24, 2.45) is 0 Å². The van der Waals surface area contributed by atoms with Gasteiger partial charge in [-0.25, -0.2) is 9.97 Å². The molecule has 2 aromatic heterocycles. The number of pyridine rings is 2. The number of hydrogen-bond acceptors (Lipinski definition) is 10. The van der Waals surface area contributed by atoms with Gasteiger partial charge in [0.1, 0.15) is 34.8 Å². The number of amidine groups is 2. The van der Waals surface area contributed by atoms with Gasteiger partial charge in [-0.3, -0.25) is 20.4 Å². The van der Waals surface area contributed by atoms with Crippen LogP contribution in [0.1, 0.15) is 68.7 Å². The summed E-state index contributed by atoms with van der Waals surface area (Å²) in [4.78, 5) is 38.5. The third-order valence-electron chi connectivity index (χ3n) is 11.2. The molecule has 4 heterocycles. The lowest BCUT2D eigenvalue weighted by molar-refractivity contribution is 0.101. The van der Waals surface area contributed by atoms with E-state index in [9.17, 15) is 9.59 Å². The number of anilines is 4. The van der Waals surface area contributed by atoms with Crippen molar-refractivity contribution in [1.82, 2.24) is 19.8 Å². The van der Waals surface area contributed by atoms with Crippen LogP contribution in [0.15, 0.2) is 109 Å². The van der Waals surface area contributed by atoms with E-state index in [-0.39, 0.29) is 11.8 Å². The Morgan fingerprint density at radius 3 is 1.28 bits per heavy atom. The van der Waals surface area contributed by atoms with Gasteiger partial charge in [-0.15, -0.1) is 0 Å². The van der Waals surface area contributed by atoms with E-state index >= 15 is 0 Å². The first kappa shape index (κ1) is 49.3. The smallest absolute Gasteiger partial charge is 0.259 e. The molecule has 18 heteroatoms. The molecular weight excluding hydrogens is 946 g/mol. The van der Waals surface area contributed by atoms with Crippen LogP contribution in [0.3, 0.4) is 0 Å². The third kappa shape index (κ3) is 12.9. The molecule has 2 saturated heterocycles. The van der Waals surface area contributed by atoms with E-state index < -0.39 is 0 Å². The van der Waals surface area contributed by atoms with Gasteiger partial charge in [0, 0.05) is 85.0 Å². The van der Waals surface area contributed by atoms with Crippen molar-refractivity contribution in [3.8, 4) is 11.5 Å². The van der Waals surface area contributed by atoms with Crippen LogP contribution < -0.4 is 30.7 Å². The number of benzene rings is 4. The van der Waals surface area contributed by atoms with E-state index in [1.165, 1.54) is 33.0 Å². The number of nitrogens with zero attached hydrogens (tertiary/aromatic N) is 4. The second-order valence-electron chi connectivity index (χ2n) is 15.9. The molecule has 2 aliphatic rings. The molecule has 0 radical (unpaired) electrons. The van der Waals surface area contributed by atoms with Gasteiger partial charge in [-0.05, 0) is 73.2 Å². The number of aromatic nitrogens is 2. The van der Waals surface area contributed by atoms with Crippen molar-refractivity contribution >= 4 is 92.9 Å². The summed E-state index contributed by atoms with van der Waals surface area (Å²) < 4.78 is 11.0. The highest BCUT2D eigenvalue weighted by atomic mass is 35.5. The SMILES string of the molecule is COc1cc(Cl)cc(C(=O)Nc2ccc(Cl)cn2)c1NCc1ccc(C(=N)N2CCC2)cc1.COc1cc(Cl)cc(C(=O)Nc2ccc(Cl)cn2)c1NCc1ccc(C(=N)N2CCCCC2)cc1. The minimum Gasteiger partial charge on any atom is -0.495 e. The average Bonchev–Trinajstić information content (AvgIpc) is 3.34. The number of nitrogens with one attached hydrogen (secondary N) is 6. The van der Waals surface area contributed by atoms with Gasteiger partial charge in [-0.1, -0.05) is 94.9 Å². The number of hydrogen-bond donors (Lipinski definition) is 6. The Kier molecular flexibility index (Phi) is 17.0. The summed E-state index contributed by atoms with van der Waals surface area (Å²) in [5.41, 5.74) is 5.48. The van der Waals surface area contributed by atoms with E-state index in [1.807, 2.05) is 53.4 Å². The molecule has 0 spiro atoms. The Bertz CT molecular complexity index is 2730. The average molecular weight is 997 g/mol. The quantitative estimate of drug-likeness (QED) is 0.0454. The van der Waals surface area contributed by atoms with E-state index in [2.05, 4.69) is 36.1 Å². The highest BCUT2D eigenvalue weighted by Crippen LogP contribution is 2.35. The van der Waals surface area contributed by atoms with Gasteiger partial charge < -0.3 is 40.5 Å². The van der Waals surface area contributed by atoms with Gasteiger partial charge >= 0.3 is 0 Å². The maximum absolute atomic E-state index is 13.1. The van der Waals surface area contributed by atoms with Crippen LogP contribution in [0.25, 0.3) is 0 Å². The molecule has 2 amide bonds. The molecule has 0 bridgehead atoms. The summed E-state index contributed by atoms with van der Waals surface area (Å²) in [6.45, 7) is 4.66. The number of halogens is 4. The first-order chi connectivity index (χ1) is 32.9. The lowest BCUT2D eigenvalue weighted by Gasteiger charge is -2.33. The zero-order valence-corrected chi connectivity index (χ0v) is 40.4. The molecule has 6 N–H and O–H groups in total. The van der Waals surface area contributed by atoms with Gasteiger partial charge in [0.15, 0.2) is 0 Å². The minimum absolute atomic E-state index is 0.326. The van der Waals surface area contributed by atoms with Crippen LogP contribution in [0.4, 0.5) is 23.0 Å². The summed E-state index contributed by atoms with van der Waals surface area (Å²) in [5, 5.41) is 30.6. The first-order valence-corrected chi connectivity index (χ1v) is 23.3. The first-order valence-electron chi connectivity index (χ1n) is 21.8. The Balaban J connectivity index is 0.000000202. The third-order valence-corrected chi connectivity index (χ3v) is 12.1. The summed E-state index contributed by atoms with van der Waals surface area (Å²) >= 11 is 24.2. The number of methoxy groups -OCH3 is 2. The molecule has 352 valence electrons. The number of amides is 2. The topological polar surface area (TPSA) is 181 Å². The Labute approximate surface area is 415 Å². The van der Waals surface area contributed by atoms with E-state index in [0.717, 1.165) is 67.7 Å². The Morgan fingerprint density at radius 1 is 0.544 bits per heavy atom. The fourth-order valence-corrected chi connectivity index (χ4v) is 8.08. The molecule has 2 fully saturated rings. The highest BCUT2D eigenvalue weighted by Gasteiger charge is 2.22. The molecule has 4 aromatic carbocycles. The number of rotatable bonds is 14. The minimum atomic E-state index is -0.383. The monoisotopic (exact) mass is 994 g/mol. The molecule has 2 aliphatic heterocycles. The standard InChI is InChI=1S/C26H27Cl2N5O2.C24H23Cl2N5O2/c1-35-22-14-20(28)13-21(26(34)32-23-10-9-19(27)16-30-23)24(22)31-15-17-5-7-18(8-6-17)25(29)33-11-3-2-4-12-33;1-33-20-12-18(26)11-19(24(32)30-21-8-7-17(25)14-28-21)22(20)29-13-15-3-5-16(6-4-15)23(27)31-9-2-10-31/h5-10,13-14,16,29,31H,2-4,11-12,15H2,1H3,(H,30,32,34);3-8,11-12,14,27,29H,2,9-10,13H2,1H3,(H,28,30,32). The Hall–Kier alpha value is -6.58. The normalized spacial score (nSPS) is 13.0. The maximum atomic E-state index is 13.1. The van der Waals surface area contributed by atoms with E-state index in [0.29, 0.717) is 90.5 Å². The predicted molar refractivity (Wildman–Crippen MR) is 273 cm³/mol. The highest BCUT2D eigenvalue weighted by molar-refractivity contribution is 6.32. The number of carbonyl (C=O) groups is 2. The van der Waals surface area contributed by atoms with Crippen molar-refractivity contribution in [1.29, 1.82) is 10.8 Å². The number of likely N-dealkylation sites (tertiary alicyclic amines) is 2. The summed E-state index contributed by atoms with van der Waals surface area (Å²) in [7, 11) is 3.05. The van der Waals surface area contributed by atoms with Crippen molar-refractivity contribution < 1.29 is 19.1 Å². The van der Waals surface area contributed by atoms with Crippen molar-refractivity contribution in [3.05, 3.63) is 163 Å². The number of ether oxygens (including phenoxy) is 2. The Morgan fingerprint density at radius 2 is 0.941 bits per heavy atom. The van der Waals surface area contributed by atoms with Crippen LogP contribution in [-0.4, -0.2) is 83.7 Å². The van der Waals surface area contributed by atoms with Gasteiger partial charge in [0.25, 0.3) is 11.8 Å². The summed E-state index contributed by atoms with van der Waals surface area (Å²) in [6, 6.07) is 28.7. The van der Waals surface area contributed by atoms with Crippen LogP contribution in [0.2, 0.25) is 20.1 Å². The largest absolute Gasteiger partial charge is 0.495 e.